The van der Waals surface area contributed by atoms with Crippen molar-refractivity contribution in [1.82, 2.24) is 0 Å². The number of nitrogens with zero attached hydrogens (tertiary/aromatic N) is 1. The summed E-state index contributed by atoms with van der Waals surface area (Å²) in [5.41, 5.74) is -2.19. The molecule has 0 bridgehead atoms. The van der Waals surface area contributed by atoms with Gasteiger partial charge >= 0.3 is 11.9 Å². The number of aliphatic carboxylic acids is 1. The van der Waals surface area contributed by atoms with Crippen molar-refractivity contribution in [3.8, 4) is 5.75 Å². The predicted octanol–water partition coefficient (Wildman–Crippen LogP) is 1.78. The minimum absolute atomic E-state index is 0.0912. The molecule has 1 rings (SSSR count). The lowest BCUT2D eigenvalue weighted by molar-refractivity contribution is -0.386. The normalized spacial score (nSPS) is 11.0. The third-order valence-electron chi connectivity index (χ3n) is 2.01. The Bertz CT molecular complexity index is 474. The number of ether oxygens (including phenoxy) is 1. The largest absolute Gasteiger partial charge is 0.497 e. The van der Waals surface area contributed by atoms with E-state index in [2.05, 4.69) is 4.74 Å². The number of halogens is 2. The van der Waals surface area contributed by atoms with Crippen LogP contribution >= 0.6 is 0 Å². The first-order valence-electron chi connectivity index (χ1n) is 4.24. The lowest BCUT2D eigenvalue weighted by Gasteiger charge is -2.12. The van der Waals surface area contributed by atoms with E-state index in [-0.39, 0.29) is 5.75 Å². The van der Waals surface area contributed by atoms with E-state index < -0.39 is 28.1 Å². The first-order chi connectivity index (χ1) is 7.80. The zero-order valence-corrected chi connectivity index (χ0v) is 8.52. The monoisotopic (exact) mass is 247 g/mol. The maximum Gasteiger partial charge on any atom is 0.379 e. The van der Waals surface area contributed by atoms with E-state index in [1.165, 1.54) is 7.11 Å². The highest BCUT2D eigenvalue weighted by Gasteiger charge is 2.46. The van der Waals surface area contributed by atoms with Gasteiger partial charge in [0.25, 0.3) is 5.69 Å². The van der Waals surface area contributed by atoms with Crippen molar-refractivity contribution in [1.29, 1.82) is 0 Å². The van der Waals surface area contributed by atoms with Gasteiger partial charge in [0.2, 0.25) is 0 Å². The Morgan fingerprint density at radius 3 is 2.53 bits per heavy atom. The molecule has 0 fully saturated rings. The lowest BCUT2D eigenvalue weighted by Crippen LogP contribution is -2.26. The third-order valence-corrected chi connectivity index (χ3v) is 2.01. The lowest BCUT2D eigenvalue weighted by atomic mass is 10.1. The van der Waals surface area contributed by atoms with Crippen molar-refractivity contribution in [2.45, 2.75) is 5.92 Å². The summed E-state index contributed by atoms with van der Waals surface area (Å²) in [5.74, 6) is -6.91. The Labute approximate surface area is 93.6 Å². The van der Waals surface area contributed by atoms with E-state index in [0.717, 1.165) is 12.1 Å². The second-order valence-corrected chi connectivity index (χ2v) is 3.02. The standard InChI is InChI=1S/C9H7F2NO5/c1-17-5-2-3-7(12(15)16)6(4-5)9(10,11)8(13)14/h2-4H,1H3,(H,13,14). The van der Waals surface area contributed by atoms with E-state index in [1.54, 1.807) is 0 Å². The number of carbonyl (C=O) groups is 1. The van der Waals surface area contributed by atoms with Crippen molar-refractivity contribution < 1.29 is 28.3 Å². The number of methoxy groups -OCH3 is 1. The number of carboxylic acid groups (broad SMARTS) is 1. The summed E-state index contributed by atoms with van der Waals surface area (Å²) in [5, 5.41) is 18.9. The highest BCUT2D eigenvalue weighted by atomic mass is 19.3. The summed E-state index contributed by atoms with van der Waals surface area (Å²) >= 11 is 0. The molecule has 0 unspecified atom stereocenters. The first-order valence-corrected chi connectivity index (χ1v) is 4.24. The molecule has 92 valence electrons. The summed E-state index contributed by atoms with van der Waals surface area (Å²) in [6.45, 7) is 0. The number of carboxylic acids is 1. The summed E-state index contributed by atoms with van der Waals surface area (Å²) in [4.78, 5) is 19.8. The second-order valence-electron chi connectivity index (χ2n) is 3.02. The molecule has 1 aromatic rings. The van der Waals surface area contributed by atoms with Crippen LogP contribution in [0.3, 0.4) is 0 Å². The summed E-state index contributed by atoms with van der Waals surface area (Å²) < 4.78 is 31.1. The van der Waals surface area contributed by atoms with Crippen molar-refractivity contribution in [2.75, 3.05) is 7.11 Å². The molecule has 0 aliphatic heterocycles. The number of nitro groups is 1. The SMILES string of the molecule is COc1ccc([N+](=O)[O-])c(C(F)(F)C(=O)O)c1. The molecular formula is C9H7F2NO5. The van der Waals surface area contributed by atoms with Crippen LogP contribution < -0.4 is 4.74 Å². The summed E-state index contributed by atoms with van der Waals surface area (Å²) in [6, 6.07) is 2.50. The van der Waals surface area contributed by atoms with E-state index >= 15 is 0 Å². The molecular weight excluding hydrogens is 240 g/mol. The van der Waals surface area contributed by atoms with Crippen LogP contribution in [0.2, 0.25) is 0 Å². The van der Waals surface area contributed by atoms with Crippen LogP contribution in [0.25, 0.3) is 0 Å². The average molecular weight is 247 g/mol. The molecule has 0 amide bonds. The van der Waals surface area contributed by atoms with E-state index in [0.29, 0.717) is 6.07 Å². The van der Waals surface area contributed by atoms with Crippen LogP contribution in [0, 0.1) is 10.1 Å². The molecule has 0 atom stereocenters. The van der Waals surface area contributed by atoms with E-state index in [1.807, 2.05) is 0 Å². The van der Waals surface area contributed by atoms with Gasteiger partial charge in [-0.3, -0.25) is 10.1 Å². The fraction of sp³-hybridized carbons (Fsp3) is 0.222. The molecule has 0 spiro atoms. The minimum Gasteiger partial charge on any atom is -0.497 e. The maximum absolute atomic E-state index is 13.3. The molecule has 0 saturated carbocycles. The number of hydrogen-bond acceptors (Lipinski definition) is 4. The number of nitro benzene ring substituents is 1. The summed E-state index contributed by atoms with van der Waals surface area (Å²) in [7, 11) is 1.17. The first kappa shape index (κ1) is 12.8. The molecule has 0 saturated heterocycles. The summed E-state index contributed by atoms with van der Waals surface area (Å²) in [6.07, 6.45) is 0. The number of hydrogen-bond donors (Lipinski definition) is 1. The van der Waals surface area contributed by atoms with Crippen LogP contribution in [0.1, 0.15) is 5.56 Å². The van der Waals surface area contributed by atoms with Gasteiger partial charge in [-0.25, -0.2) is 4.79 Å². The van der Waals surface area contributed by atoms with Gasteiger partial charge in [0.15, 0.2) is 0 Å². The molecule has 8 heteroatoms. The second kappa shape index (κ2) is 4.32. The highest BCUT2D eigenvalue weighted by Crippen LogP contribution is 2.37. The van der Waals surface area contributed by atoms with Crippen LogP contribution in [0.4, 0.5) is 14.5 Å². The van der Waals surface area contributed by atoms with Crippen LogP contribution in [-0.4, -0.2) is 23.1 Å². The maximum atomic E-state index is 13.3. The van der Waals surface area contributed by atoms with Crippen molar-refractivity contribution >= 4 is 11.7 Å². The number of alkyl halides is 2. The molecule has 17 heavy (non-hydrogen) atoms. The Kier molecular flexibility index (Phi) is 3.26. The van der Waals surface area contributed by atoms with Gasteiger partial charge in [0, 0.05) is 6.07 Å². The highest BCUT2D eigenvalue weighted by molar-refractivity contribution is 5.79. The fourth-order valence-electron chi connectivity index (χ4n) is 1.17. The van der Waals surface area contributed by atoms with Crippen LogP contribution in [-0.2, 0) is 10.7 Å². The van der Waals surface area contributed by atoms with Gasteiger partial charge in [-0.15, -0.1) is 0 Å². The molecule has 1 N–H and O–H groups in total. The van der Waals surface area contributed by atoms with E-state index in [4.69, 9.17) is 5.11 Å². The Hall–Kier alpha value is -2.25. The molecule has 0 aromatic heterocycles. The Morgan fingerprint density at radius 1 is 1.53 bits per heavy atom. The topological polar surface area (TPSA) is 89.7 Å². The Balaban J connectivity index is 3.47. The predicted molar refractivity (Wildman–Crippen MR) is 51.2 cm³/mol. The smallest absolute Gasteiger partial charge is 0.379 e. The zero-order chi connectivity index (χ0) is 13.2. The van der Waals surface area contributed by atoms with Gasteiger partial charge in [-0.2, -0.15) is 8.78 Å². The van der Waals surface area contributed by atoms with Crippen molar-refractivity contribution in [3.63, 3.8) is 0 Å². The Morgan fingerprint density at radius 2 is 2.12 bits per heavy atom. The van der Waals surface area contributed by atoms with Crippen LogP contribution in [0.15, 0.2) is 18.2 Å². The zero-order valence-electron chi connectivity index (χ0n) is 8.52. The number of benzene rings is 1. The van der Waals surface area contributed by atoms with Crippen molar-refractivity contribution in [3.05, 3.63) is 33.9 Å². The number of rotatable bonds is 4. The quantitative estimate of drug-likeness (QED) is 0.646. The molecule has 0 heterocycles. The average Bonchev–Trinajstić information content (AvgIpc) is 2.27. The fourth-order valence-corrected chi connectivity index (χ4v) is 1.17. The van der Waals surface area contributed by atoms with Gasteiger partial charge in [-0.1, -0.05) is 0 Å². The minimum atomic E-state index is -4.35. The van der Waals surface area contributed by atoms with Gasteiger partial charge in [-0.05, 0) is 12.1 Å². The molecule has 0 aliphatic carbocycles. The van der Waals surface area contributed by atoms with Gasteiger partial charge in [0.05, 0.1) is 12.0 Å². The van der Waals surface area contributed by atoms with Gasteiger partial charge in [0.1, 0.15) is 11.3 Å². The molecule has 0 radical (unpaired) electrons. The van der Waals surface area contributed by atoms with Crippen LogP contribution in [0.5, 0.6) is 5.75 Å². The van der Waals surface area contributed by atoms with E-state index in [9.17, 15) is 23.7 Å². The molecule has 1 aromatic carbocycles. The third kappa shape index (κ3) is 2.30. The van der Waals surface area contributed by atoms with Gasteiger partial charge < -0.3 is 9.84 Å². The molecule has 6 nitrogen and oxygen atoms in total. The molecule has 0 aliphatic rings. The van der Waals surface area contributed by atoms with Crippen molar-refractivity contribution in [2.24, 2.45) is 0 Å².